The van der Waals surface area contributed by atoms with Crippen LogP contribution in [0, 0.1) is 0 Å². The van der Waals surface area contributed by atoms with E-state index in [1.807, 2.05) is 12.1 Å². The number of fused-ring (bicyclic) bond motifs is 9. The summed E-state index contributed by atoms with van der Waals surface area (Å²) in [5.74, 6) is 1.88. The topological polar surface area (TPSA) is 67.6 Å². The second kappa shape index (κ2) is 12.7. The van der Waals surface area contributed by atoms with Crippen LogP contribution >= 0.6 is 0 Å². The first-order valence-corrected chi connectivity index (χ1v) is 19.6. The molecule has 4 heterocycles. The highest BCUT2D eigenvalue weighted by molar-refractivity contribution is 6.10. The van der Waals surface area contributed by atoms with E-state index in [1.54, 1.807) is 0 Å². The van der Waals surface area contributed by atoms with Crippen molar-refractivity contribution in [3.63, 3.8) is 0 Å². The third kappa shape index (κ3) is 5.11. The quantitative estimate of drug-likeness (QED) is 0.185. The van der Waals surface area contributed by atoms with Crippen molar-refractivity contribution in [1.29, 1.82) is 0 Å². The van der Waals surface area contributed by atoms with Gasteiger partial charge in [0.05, 0.1) is 11.0 Å². The number of aromatic nitrogens is 1. The van der Waals surface area contributed by atoms with Crippen LogP contribution in [0.25, 0.3) is 66.5 Å². The van der Waals surface area contributed by atoms with Crippen LogP contribution in [0.15, 0.2) is 184 Å². The lowest BCUT2D eigenvalue weighted by atomic mass is 9.85. The first-order valence-electron chi connectivity index (χ1n) is 19.6. The predicted molar refractivity (Wildman–Crippen MR) is 231 cm³/mol. The number of para-hydroxylation sites is 2. The summed E-state index contributed by atoms with van der Waals surface area (Å²) in [7, 11) is 0. The Balaban J connectivity index is 0.927. The SMILES string of the molecule is C1=Cc2c(oc3cccc(C4NC(c5ccccc5)=NC(c5ccccc5)N4)c23)C(c2ccc3c(c2)oc2cc(-n4c5ccccc5c5ccccc54)ccc23)C1. The molecule has 0 spiro atoms. The molecular formula is C51H36N4O2. The van der Waals surface area contributed by atoms with Crippen molar-refractivity contribution >= 4 is 66.6 Å². The van der Waals surface area contributed by atoms with Crippen molar-refractivity contribution in [2.75, 3.05) is 0 Å². The highest BCUT2D eigenvalue weighted by atomic mass is 16.3. The maximum Gasteiger partial charge on any atom is 0.137 e. The molecule has 0 bridgehead atoms. The molecule has 10 aromatic rings. The van der Waals surface area contributed by atoms with E-state index in [-0.39, 0.29) is 18.2 Å². The van der Waals surface area contributed by atoms with Crippen molar-refractivity contribution in [3.8, 4) is 5.69 Å². The molecule has 3 atom stereocenters. The van der Waals surface area contributed by atoms with Gasteiger partial charge in [0.25, 0.3) is 0 Å². The number of nitrogens with one attached hydrogen (secondary N) is 2. The number of rotatable bonds is 5. The smallest absolute Gasteiger partial charge is 0.137 e. The van der Waals surface area contributed by atoms with Gasteiger partial charge < -0.3 is 18.7 Å². The zero-order valence-corrected chi connectivity index (χ0v) is 30.9. The van der Waals surface area contributed by atoms with Crippen molar-refractivity contribution in [2.45, 2.75) is 24.7 Å². The van der Waals surface area contributed by atoms with Crippen LogP contribution in [0.4, 0.5) is 0 Å². The van der Waals surface area contributed by atoms with Gasteiger partial charge >= 0.3 is 0 Å². The lowest BCUT2D eigenvalue weighted by molar-refractivity contribution is 0.411. The van der Waals surface area contributed by atoms with Gasteiger partial charge in [0.15, 0.2) is 0 Å². The van der Waals surface area contributed by atoms with E-state index in [2.05, 4.69) is 179 Å². The third-order valence-corrected chi connectivity index (χ3v) is 11.8. The summed E-state index contributed by atoms with van der Waals surface area (Å²) in [6.45, 7) is 0. The summed E-state index contributed by atoms with van der Waals surface area (Å²) in [6, 6.07) is 57.6. The van der Waals surface area contributed by atoms with E-state index >= 15 is 0 Å². The van der Waals surface area contributed by atoms with Crippen molar-refractivity contribution in [2.24, 2.45) is 4.99 Å². The molecule has 6 heteroatoms. The molecule has 0 radical (unpaired) electrons. The molecular weight excluding hydrogens is 701 g/mol. The third-order valence-electron chi connectivity index (χ3n) is 11.8. The Labute approximate surface area is 328 Å². The molecule has 0 saturated carbocycles. The van der Waals surface area contributed by atoms with E-state index < -0.39 is 0 Å². The van der Waals surface area contributed by atoms with Gasteiger partial charge in [-0.15, -0.1) is 0 Å². The molecule has 7 aromatic carbocycles. The fraction of sp³-hybridized carbons (Fsp3) is 0.0784. The van der Waals surface area contributed by atoms with Gasteiger partial charge in [-0.25, -0.2) is 4.99 Å². The Bertz CT molecular complexity index is 3190. The highest BCUT2D eigenvalue weighted by Crippen LogP contribution is 2.44. The molecule has 3 aromatic heterocycles. The number of hydrogen-bond donors (Lipinski definition) is 2. The molecule has 57 heavy (non-hydrogen) atoms. The number of amidine groups is 1. The Morgan fingerprint density at radius 1 is 0.579 bits per heavy atom. The van der Waals surface area contributed by atoms with Crippen LogP contribution in [-0.4, -0.2) is 10.4 Å². The largest absolute Gasteiger partial charge is 0.460 e. The standard InChI is InChI=1S/C51H36N4O2/c1-3-13-31(14-4-1)49-52-50(32-15-5-2-6-16-32)54-51(53-49)41-21-12-24-44-47(41)40-20-11-19-35(48(40)57-44)33-25-27-38-39-28-26-34(30-46(39)56-45(38)29-33)55-42-22-9-7-17-36(42)37-18-8-10-23-43(37)55/h1-18,20-30,35,49,51,53H,19H2,(H,52,54). The molecule has 0 saturated heterocycles. The summed E-state index contributed by atoms with van der Waals surface area (Å²) in [4.78, 5) is 5.13. The van der Waals surface area contributed by atoms with Crippen LogP contribution in [0.5, 0.6) is 0 Å². The predicted octanol–water partition coefficient (Wildman–Crippen LogP) is 12.3. The van der Waals surface area contributed by atoms with Crippen molar-refractivity contribution < 1.29 is 8.83 Å². The number of furan rings is 2. The first kappa shape index (κ1) is 32.1. The van der Waals surface area contributed by atoms with E-state index in [0.717, 1.165) is 78.9 Å². The Kier molecular flexibility index (Phi) is 7.16. The fourth-order valence-electron chi connectivity index (χ4n) is 9.21. The Hall–Kier alpha value is -7.15. The van der Waals surface area contributed by atoms with Gasteiger partial charge in [-0.3, -0.25) is 5.32 Å². The number of nitrogens with zero attached hydrogens (tertiary/aromatic N) is 2. The van der Waals surface area contributed by atoms with Gasteiger partial charge in [-0.1, -0.05) is 133 Å². The first-order chi connectivity index (χ1) is 28.2. The van der Waals surface area contributed by atoms with E-state index in [9.17, 15) is 0 Å². The monoisotopic (exact) mass is 736 g/mol. The minimum absolute atomic E-state index is 0.0433. The second-order valence-electron chi connectivity index (χ2n) is 15.1. The molecule has 12 rings (SSSR count). The van der Waals surface area contributed by atoms with Crippen LogP contribution in [-0.2, 0) is 0 Å². The minimum Gasteiger partial charge on any atom is -0.460 e. The van der Waals surface area contributed by atoms with Gasteiger partial charge in [-0.05, 0) is 53.9 Å². The molecule has 3 unspecified atom stereocenters. The van der Waals surface area contributed by atoms with E-state index in [4.69, 9.17) is 13.8 Å². The molecule has 2 N–H and O–H groups in total. The summed E-state index contributed by atoms with van der Waals surface area (Å²) >= 11 is 0. The average molecular weight is 737 g/mol. The maximum atomic E-state index is 6.84. The van der Waals surface area contributed by atoms with Crippen LogP contribution in [0.3, 0.4) is 0 Å². The molecule has 0 amide bonds. The summed E-state index contributed by atoms with van der Waals surface area (Å²) in [5, 5.41) is 13.4. The van der Waals surface area contributed by atoms with Gasteiger partial charge in [0.1, 0.15) is 40.7 Å². The molecule has 1 aliphatic carbocycles. The number of benzene rings is 7. The van der Waals surface area contributed by atoms with Crippen LogP contribution < -0.4 is 10.6 Å². The van der Waals surface area contributed by atoms with Crippen LogP contribution in [0.1, 0.15) is 58.2 Å². The molecule has 6 nitrogen and oxygen atoms in total. The zero-order valence-electron chi connectivity index (χ0n) is 30.9. The normalized spacial score (nSPS) is 18.0. The fourth-order valence-corrected chi connectivity index (χ4v) is 9.21. The van der Waals surface area contributed by atoms with Crippen LogP contribution in [0.2, 0.25) is 0 Å². The van der Waals surface area contributed by atoms with Gasteiger partial charge in [0, 0.05) is 61.3 Å². The zero-order chi connectivity index (χ0) is 37.5. The second-order valence-corrected chi connectivity index (χ2v) is 15.1. The van der Waals surface area contributed by atoms with E-state index in [0.29, 0.717) is 0 Å². The number of aliphatic imine (C=N–C) groups is 1. The number of hydrogen-bond acceptors (Lipinski definition) is 5. The lowest BCUT2D eigenvalue weighted by Gasteiger charge is -2.32. The number of allylic oxidation sites excluding steroid dienone is 1. The average Bonchev–Trinajstić information content (AvgIpc) is 3.96. The summed E-state index contributed by atoms with van der Waals surface area (Å²) in [6.07, 6.45) is 4.93. The van der Waals surface area contributed by atoms with Crippen molar-refractivity contribution in [1.82, 2.24) is 15.2 Å². The molecule has 1 aliphatic heterocycles. The highest BCUT2D eigenvalue weighted by Gasteiger charge is 2.31. The van der Waals surface area contributed by atoms with Gasteiger partial charge in [-0.2, -0.15) is 0 Å². The maximum absolute atomic E-state index is 6.84. The summed E-state index contributed by atoms with van der Waals surface area (Å²) in [5.41, 5.74) is 11.7. The Morgan fingerprint density at radius 3 is 2.07 bits per heavy atom. The summed E-state index contributed by atoms with van der Waals surface area (Å²) < 4.78 is 15.9. The minimum atomic E-state index is -0.220. The Morgan fingerprint density at radius 2 is 1.28 bits per heavy atom. The van der Waals surface area contributed by atoms with E-state index in [1.165, 1.54) is 27.4 Å². The van der Waals surface area contributed by atoms with Gasteiger partial charge in [0.2, 0.25) is 0 Å². The lowest BCUT2D eigenvalue weighted by Crippen LogP contribution is -2.45. The molecule has 2 aliphatic rings. The molecule has 272 valence electrons. The van der Waals surface area contributed by atoms with Crippen molar-refractivity contribution in [3.05, 3.63) is 203 Å². The molecule has 0 fully saturated rings.